The molecule has 0 radical (unpaired) electrons. The van der Waals surface area contributed by atoms with Gasteiger partial charge in [0.1, 0.15) is 0 Å². The topological polar surface area (TPSA) is 27.0 Å². The van der Waals surface area contributed by atoms with Gasteiger partial charge in [0, 0.05) is 12.3 Å². The van der Waals surface area contributed by atoms with Crippen LogP contribution in [-0.2, 0) is 0 Å². The molecule has 0 aliphatic rings. The second-order valence-corrected chi connectivity index (χ2v) is 6.09. The monoisotopic (exact) mass is 228 g/mol. The van der Waals surface area contributed by atoms with Crippen molar-refractivity contribution < 1.29 is 0 Å². The lowest BCUT2D eigenvalue weighted by Crippen LogP contribution is -2.15. The van der Waals surface area contributed by atoms with Crippen LogP contribution in [0, 0.1) is 16.7 Å². The van der Waals surface area contributed by atoms with Crippen molar-refractivity contribution in [3.63, 3.8) is 0 Å². The Morgan fingerprint density at radius 1 is 1.20 bits per heavy atom. The maximum absolute atomic E-state index is 8.84. The van der Waals surface area contributed by atoms with Gasteiger partial charge in [0.05, 0.1) is 11.5 Å². The zero-order valence-corrected chi connectivity index (χ0v) is 11.4. The molecule has 0 bridgehead atoms. The fraction of sp³-hybridized carbons (Fsp3) is 0.917. The van der Waals surface area contributed by atoms with Crippen molar-refractivity contribution in [1.82, 2.24) is 4.90 Å². The standard InChI is InChI=1S/C12H24N2S/c1-12(2,11-13)7-5-6-9-15-10-8-14(3)4/h5-10H2,1-4H3. The summed E-state index contributed by atoms with van der Waals surface area (Å²) in [5.41, 5.74) is -0.131. The molecule has 0 rings (SSSR count). The third-order valence-electron chi connectivity index (χ3n) is 2.33. The van der Waals surface area contributed by atoms with Crippen molar-refractivity contribution >= 4 is 11.8 Å². The summed E-state index contributed by atoms with van der Waals surface area (Å²) in [4.78, 5) is 2.21. The molecule has 2 nitrogen and oxygen atoms in total. The fourth-order valence-corrected chi connectivity index (χ4v) is 2.28. The molecule has 3 heteroatoms. The Balaban J connectivity index is 3.23. The molecule has 0 aliphatic heterocycles. The molecule has 0 aliphatic carbocycles. The van der Waals surface area contributed by atoms with Crippen LogP contribution in [0.5, 0.6) is 0 Å². The summed E-state index contributed by atoms with van der Waals surface area (Å²) in [6, 6.07) is 2.34. The molecule has 0 saturated heterocycles. The zero-order chi connectivity index (χ0) is 11.7. The fourth-order valence-electron chi connectivity index (χ4n) is 1.18. The third kappa shape index (κ3) is 10.1. The van der Waals surface area contributed by atoms with Crippen molar-refractivity contribution in [2.24, 2.45) is 5.41 Å². The Hall–Kier alpha value is -0.200. The van der Waals surface area contributed by atoms with Crippen LogP contribution in [0.15, 0.2) is 0 Å². The SMILES string of the molecule is CN(C)CCSCCCCC(C)(C)C#N. The van der Waals surface area contributed by atoms with Gasteiger partial charge in [-0.05, 0) is 46.5 Å². The van der Waals surface area contributed by atoms with Crippen molar-refractivity contribution in [3.05, 3.63) is 0 Å². The van der Waals surface area contributed by atoms with E-state index in [1.165, 1.54) is 24.3 Å². The van der Waals surface area contributed by atoms with Gasteiger partial charge in [0.25, 0.3) is 0 Å². The Labute approximate surface area is 99.0 Å². The molecule has 0 amide bonds. The molecule has 0 fully saturated rings. The number of unbranched alkanes of at least 4 members (excludes halogenated alkanes) is 1. The molecular weight excluding hydrogens is 204 g/mol. The Bertz CT molecular complexity index is 194. The maximum atomic E-state index is 8.84. The minimum Gasteiger partial charge on any atom is -0.309 e. The average Bonchev–Trinajstić information content (AvgIpc) is 2.16. The van der Waals surface area contributed by atoms with Crippen molar-refractivity contribution in [2.75, 3.05) is 32.1 Å². The van der Waals surface area contributed by atoms with Gasteiger partial charge in [-0.1, -0.05) is 6.42 Å². The van der Waals surface area contributed by atoms with E-state index in [0.717, 1.165) is 13.0 Å². The van der Waals surface area contributed by atoms with Gasteiger partial charge in [-0.3, -0.25) is 0 Å². The maximum Gasteiger partial charge on any atom is 0.0683 e. The number of nitrogens with zero attached hydrogens (tertiary/aromatic N) is 2. The van der Waals surface area contributed by atoms with Gasteiger partial charge in [-0.15, -0.1) is 0 Å². The third-order valence-corrected chi connectivity index (χ3v) is 3.37. The van der Waals surface area contributed by atoms with Crippen molar-refractivity contribution in [2.45, 2.75) is 33.1 Å². The molecule has 0 unspecified atom stereocenters. The van der Waals surface area contributed by atoms with E-state index in [1.807, 2.05) is 25.6 Å². The van der Waals surface area contributed by atoms with E-state index in [0.29, 0.717) is 0 Å². The predicted molar refractivity (Wildman–Crippen MR) is 69.1 cm³/mol. The highest BCUT2D eigenvalue weighted by molar-refractivity contribution is 7.99. The van der Waals surface area contributed by atoms with E-state index < -0.39 is 0 Å². The van der Waals surface area contributed by atoms with Crippen LogP contribution in [0.1, 0.15) is 33.1 Å². The van der Waals surface area contributed by atoms with E-state index in [4.69, 9.17) is 5.26 Å². The number of hydrogen-bond donors (Lipinski definition) is 0. The number of hydrogen-bond acceptors (Lipinski definition) is 3. The highest BCUT2D eigenvalue weighted by Gasteiger charge is 2.15. The van der Waals surface area contributed by atoms with Gasteiger partial charge in [0.15, 0.2) is 0 Å². The average molecular weight is 228 g/mol. The normalized spacial score (nSPS) is 11.7. The minimum atomic E-state index is -0.131. The van der Waals surface area contributed by atoms with Crippen LogP contribution in [0.4, 0.5) is 0 Å². The Morgan fingerprint density at radius 2 is 1.87 bits per heavy atom. The van der Waals surface area contributed by atoms with Crippen LogP contribution >= 0.6 is 11.8 Å². The molecule has 0 saturated carbocycles. The molecule has 0 spiro atoms. The highest BCUT2D eigenvalue weighted by atomic mass is 32.2. The molecular formula is C12H24N2S. The Morgan fingerprint density at radius 3 is 2.40 bits per heavy atom. The lowest BCUT2D eigenvalue weighted by Gasteiger charge is -2.14. The summed E-state index contributed by atoms with van der Waals surface area (Å²) in [6.45, 7) is 5.20. The first kappa shape index (κ1) is 14.8. The Kier molecular flexibility index (Phi) is 7.90. The molecule has 0 aromatic carbocycles. The smallest absolute Gasteiger partial charge is 0.0683 e. The summed E-state index contributed by atoms with van der Waals surface area (Å²) in [7, 11) is 4.21. The van der Waals surface area contributed by atoms with Crippen LogP contribution in [0.25, 0.3) is 0 Å². The summed E-state index contributed by atoms with van der Waals surface area (Å²) in [6.07, 6.45) is 3.44. The lowest BCUT2D eigenvalue weighted by molar-refractivity contribution is 0.432. The van der Waals surface area contributed by atoms with E-state index >= 15 is 0 Å². The predicted octanol–water partition coefficient (Wildman–Crippen LogP) is 3.00. The molecule has 0 heterocycles. The second-order valence-electron chi connectivity index (χ2n) is 4.87. The van der Waals surface area contributed by atoms with E-state index in [1.54, 1.807) is 0 Å². The molecule has 88 valence electrons. The first-order valence-electron chi connectivity index (χ1n) is 5.62. The van der Waals surface area contributed by atoms with Gasteiger partial charge in [0.2, 0.25) is 0 Å². The quantitative estimate of drug-likeness (QED) is 0.598. The molecule has 0 aromatic heterocycles. The van der Waals surface area contributed by atoms with Crippen LogP contribution in [0.3, 0.4) is 0 Å². The van der Waals surface area contributed by atoms with Crippen LogP contribution < -0.4 is 0 Å². The first-order valence-corrected chi connectivity index (χ1v) is 6.77. The first-order chi connectivity index (χ1) is 6.98. The molecule has 15 heavy (non-hydrogen) atoms. The lowest BCUT2D eigenvalue weighted by atomic mass is 9.89. The van der Waals surface area contributed by atoms with E-state index in [-0.39, 0.29) is 5.41 Å². The number of rotatable bonds is 8. The van der Waals surface area contributed by atoms with Gasteiger partial charge >= 0.3 is 0 Å². The molecule has 0 aromatic rings. The van der Waals surface area contributed by atoms with E-state index in [9.17, 15) is 0 Å². The van der Waals surface area contributed by atoms with Gasteiger partial charge in [-0.2, -0.15) is 17.0 Å². The summed E-state index contributed by atoms with van der Waals surface area (Å²) >= 11 is 2.02. The van der Waals surface area contributed by atoms with Crippen LogP contribution in [-0.4, -0.2) is 37.0 Å². The number of thioether (sulfide) groups is 1. The van der Waals surface area contributed by atoms with Crippen molar-refractivity contribution in [3.8, 4) is 6.07 Å². The second kappa shape index (κ2) is 8.01. The summed E-state index contributed by atoms with van der Waals surface area (Å²) in [5.74, 6) is 2.45. The molecule has 0 N–H and O–H groups in total. The number of nitriles is 1. The van der Waals surface area contributed by atoms with E-state index in [2.05, 4.69) is 25.1 Å². The summed E-state index contributed by atoms with van der Waals surface area (Å²) in [5, 5.41) is 8.84. The van der Waals surface area contributed by atoms with Crippen LogP contribution in [0.2, 0.25) is 0 Å². The van der Waals surface area contributed by atoms with Gasteiger partial charge in [-0.25, -0.2) is 0 Å². The zero-order valence-electron chi connectivity index (χ0n) is 10.5. The largest absolute Gasteiger partial charge is 0.309 e. The van der Waals surface area contributed by atoms with Gasteiger partial charge < -0.3 is 4.90 Å². The highest BCUT2D eigenvalue weighted by Crippen LogP contribution is 2.22. The van der Waals surface area contributed by atoms with Crippen molar-refractivity contribution in [1.29, 1.82) is 5.26 Å². The molecule has 0 atom stereocenters. The minimum absolute atomic E-state index is 0.131. The summed E-state index contributed by atoms with van der Waals surface area (Å²) < 4.78 is 0.